The van der Waals surface area contributed by atoms with Crippen molar-refractivity contribution in [1.82, 2.24) is 0 Å². The molecule has 3 nitrogen and oxygen atoms in total. The molecule has 3 heteroatoms. The van der Waals surface area contributed by atoms with Crippen molar-refractivity contribution in [1.29, 1.82) is 0 Å². The molecule has 2 aliphatic rings. The monoisotopic (exact) mass is 212 g/mol. The van der Waals surface area contributed by atoms with Gasteiger partial charge >= 0.3 is 5.97 Å². The molecule has 1 N–H and O–H groups in total. The maximum atomic E-state index is 11.1. The van der Waals surface area contributed by atoms with Gasteiger partial charge in [-0.05, 0) is 24.2 Å². The number of carbonyl (C=O) groups is 1. The second kappa shape index (κ2) is 3.48. The maximum Gasteiger partial charge on any atom is 0.307 e. The molecular weight excluding hydrogens is 192 g/mol. The standard InChI is InChI=1S/C12H20O3/c1-7-4-5-15-8(6-7)9-10(11(13)14)12(9,2)3/h7-10H,4-6H2,1-3H3,(H,13,14)/t7-,8+,9-,10+/m0/s1. The third kappa shape index (κ3) is 1.78. The smallest absolute Gasteiger partial charge is 0.307 e. The van der Waals surface area contributed by atoms with Crippen LogP contribution in [0, 0.1) is 23.2 Å². The van der Waals surface area contributed by atoms with Gasteiger partial charge in [-0.15, -0.1) is 0 Å². The molecule has 86 valence electrons. The van der Waals surface area contributed by atoms with Gasteiger partial charge in [0.05, 0.1) is 12.0 Å². The first-order chi connectivity index (χ1) is 6.94. The lowest BCUT2D eigenvalue weighted by atomic mass is 9.92. The number of carboxylic acid groups (broad SMARTS) is 1. The van der Waals surface area contributed by atoms with E-state index in [2.05, 4.69) is 6.92 Å². The van der Waals surface area contributed by atoms with Gasteiger partial charge in [0.15, 0.2) is 0 Å². The largest absolute Gasteiger partial charge is 0.481 e. The van der Waals surface area contributed by atoms with Crippen molar-refractivity contribution in [2.75, 3.05) is 6.61 Å². The summed E-state index contributed by atoms with van der Waals surface area (Å²) in [5, 5.41) is 9.10. The molecule has 0 aromatic rings. The summed E-state index contributed by atoms with van der Waals surface area (Å²) in [6.45, 7) is 7.10. The second-order valence-corrected chi connectivity index (χ2v) is 5.70. The molecule has 0 radical (unpaired) electrons. The van der Waals surface area contributed by atoms with Crippen LogP contribution in [-0.2, 0) is 9.53 Å². The van der Waals surface area contributed by atoms with Crippen molar-refractivity contribution in [2.45, 2.75) is 39.7 Å². The van der Waals surface area contributed by atoms with Crippen molar-refractivity contribution >= 4 is 5.97 Å². The van der Waals surface area contributed by atoms with Crippen molar-refractivity contribution in [3.8, 4) is 0 Å². The minimum absolute atomic E-state index is 0.0758. The molecule has 1 saturated heterocycles. The van der Waals surface area contributed by atoms with E-state index < -0.39 is 5.97 Å². The average Bonchev–Trinajstić information content (AvgIpc) is 2.69. The maximum absolute atomic E-state index is 11.1. The number of ether oxygens (including phenoxy) is 1. The Balaban J connectivity index is 2.03. The predicted octanol–water partition coefficient (Wildman–Crippen LogP) is 2.16. The van der Waals surface area contributed by atoms with Crippen LogP contribution in [0.5, 0.6) is 0 Å². The van der Waals surface area contributed by atoms with Crippen LogP contribution in [0.4, 0.5) is 0 Å². The Morgan fingerprint density at radius 2 is 2.13 bits per heavy atom. The molecule has 0 amide bonds. The highest BCUT2D eigenvalue weighted by Gasteiger charge is 2.65. The van der Waals surface area contributed by atoms with Gasteiger partial charge < -0.3 is 9.84 Å². The number of aliphatic carboxylic acids is 1. The zero-order chi connectivity index (χ0) is 11.2. The molecule has 1 saturated carbocycles. The molecule has 0 bridgehead atoms. The minimum atomic E-state index is -0.660. The Morgan fingerprint density at radius 3 is 2.60 bits per heavy atom. The first-order valence-corrected chi connectivity index (χ1v) is 5.79. The summed E-state index contributed by atoms with van der Waals surface area (Å²) in [6, 6.07) is 0. The fourth-order valence-corrected chi connectivity index (χ4v) is 3.10. The van der Waals surface area contributed by atoms with Crippen molar-refractivity contribution in [3.05, 3.63) is 0 Å². The van der Waals surface area contributed by atoms with E-state index in [4.69, 9.17) is 9.84 Å². The quantitative estimate of drug-likeness (QED) is 0.763. The normalized spacial score (nSPS) is 43.7. The van der Waals surface area contributed by atoms with Gasteiger partial charge in [-0.25, -0.2) is 0 Å². The van der Waals surface area contributed by atoms with Gasteiger partial charge in [-0.1, -0.05) is 20.8 Å². The Morgan fingerprint density at radius 1 is 1.47 bits per heavy atom. The molecule has 2 fully saturated rings. The van der Waals surface area contributed by atoms with Crippen LogP contribution < -0.4 is 0 Å². The van der Waals surface area contributed by atoms with Gasteiger partial charge in [0, 0.05) is 12.5 Å². The summed E-state index contributed by atoms with van der Waals surface area (Å²) in [6.07, 6.45) is 2.31. The van der Waals surface area contributed by atoms with Crippen LogP contribution in [0.25, 0.3) is 0 Å². The Labute approximate surface area is 90.8 Å². The van der Waals surface area contributed by atoms with E-state index in [-0.39, 0.29) is 23.4 Å². The molecular formula is C12H20O3. The van der Waals surface area contributed by atoms with E-state index >= 15 is 0 Å². The number of carboxylic acids is 1. The van der Waals surface area contributed by atoms with E-state index in [0.29, 0.717) is 5.92 Å². The van der Waals surface area contributed by atoms with Gasteiger partial charge in [-0.3, -0.25) is 4.79 Å². The fourth-order valence-electron chi connectivity index (χ4n) is 3.10. The van der Waals surface area contributed by atoms with E-state index in [9.17, 15) is 4.79 Å². The molecule has 1 aliphatic carbocycles. The molecule has 15 heavy (non-hydrogen) atoms. The molecule has 4 atom stereocenters. The highest BCUT2D eigenvalue weighted by molar-refractivity contribution is 5.75. The predicted molar refractivity (Wildman–Crippen MR) is 56.5 cm³/mol. The number of hydrogen-bond acceptors (Lipinski definition) is 2. The SMILES string of the molecule is C[C@H]1CCO[C@@H]([C@H]2[C@H](C(=O)O)C2(C)C)C1. The number of rotatable bonds is 2. The first kappa shape index (κ1) is 10.9. The van der Waals surface area contributed by atoms with Crippen LogP contribution >= 0.6 is 0 Å². The van der Waals surface area contributed by atoms with Gasteiger partial charge in [-0.2, -0.15) is 0 Å². The van der Waals surface area contributed by atoms with E-state index in [0.717, 1.165) is 19.4 Å². The van der Waals surface area contributed by atoms with Crippen LogP contribution in [0.1, 0.15) is 33.6 Å². The topological polar surface area (TPSA) is 46.5 Å². The van der Waals surface area contributed by atoms with Crippen LogP contribution in [0.3, 0.4) is 0 Å². The summed E-state index contributed by atoms with van der Waals surface area (Å²) in [5.74, 6) is 0.0342. The number of hydrogen-bond donors (Lipinski definition) is 1. The minimum Gasteiger partial charge on any atom is -0.481 e. The van der Waals surface area contributed by atoms with Crippen LogP contribution in [-0.4, -0.2) is 23.8 Å². The molecule has 0 aromatic carbocycles. The van der Waals surface area contributed by atoms with Crippen molar-refractivity contribution < 1.29 is 14.6 Å². The van der Waals surface area contributed by atoms with Gasteiger partial charge in [0.2, 0.25) is 0 Å². The Hall–Kier alpha value is -0.570. The summed E-state index contributed by atoms with van der Waals surface area (Å²) < 4.78 is 5.72. The lowest BCUT2D eigenvalue weighted by molar-refractivity contribution is -0.140. The van der Waals surface area contributed by atoms with Crippen LogP contribution in [0.2, 0.25) is 0 Å². The summed E-state index contributed by atoms with van der Waals surface area (Å²) in [5.41, 5.74) is -0.0758. The highest BCUT2D eigenvalue weighted by atomic mass is 16.5. The zero-order valence-corrected chi connectivity index (χ0v) is 9.69. The zero-order valence-electron chi connectivity index (χ0n) is 9.69. The molecule has 2 rings (SSSR count). The molecule has 1 aliphatic heterocycles. The van der Waals surface area contributed by atoms with E-state index in [1.54, 1.807) is 0 Å². The fraction of sp³-hybridized carbons (Fsp3) is 0.917. The van der Waals surface area contributed by atoms with Crippen LogP contribution in [0.15, 0.2) is 0 Å². The summed E-state index contributed by atoms with van der Waals surface area (Å²) in [4.78, 5) is 11.1. The third-order valence-electron chi connectivity index (χ3n) is 4.15. The summed E-state index contributed by atoms with van der Waals surface area (Å²) >= 11 is 0. The van der Waals surface area contributed by atoms with Gasteiger partial charge in [0.1, 0.15) is 0 Å². The van der Waals surface area contributed by atoms with Gasteiger partial charge in [0.25, 0.3) is 0 Å². The lowest BCUT2D eigenvalue weighted by Crippen LogP contribution is -2.28. The third-order valence-corrected chi connectivity index (χ3v) is 4.15. The second-order valence-electron chi connectivity index (χ2n) is 5.70. The Bertz CT molecular complexity index is 272. The molecule has 0 aromatic heterocycles. The average molecular weight is 212 g/mol. The highest BCUT2D eigenvalue weighted by Crippen LogP contribution is 2.61. The van der Waals surface area contributed by atoms with Crippen molar-refractivity contribution in [3.63, 3.8) is 0 Å². The summed E-state index contributed by atoms with van der Waals surface area (Å²) in [7, 11) is 0. The van der Waals surface area contributed by atoms with Crippen molar-refractivity contribution in [2.24, 2.45) is 23.2 Å². The Kier molecular flexibility index (Phi) is 2.53. The first-order valence-electron chi connectivity index (χ1n) is 5.79. The molecule has 0 spiro atoms. The lowest BCUT2D eigenvalue weighted by Gasteiger charge is -2.28. The molecule has 1 heterocycles. The van der Waals surface area contributed by atoms with E-state index in [1.165, 1.54) is 0 Å². The molecule has 0 unspecified atom stereocenters. The van der Waals surface area contributed by atoms with E-state index in [1.807, 2.05) is 13.8 Å².